The van der Waals surface area contributed by atoms with E-state index in [1.54, 1.807) is 0 Å². The van der Waals surface area contributed by atoms with E-state index in [4.69, 9.17) is 5.73 Å². The first-order valence-corrected chi connectivity index (χ1v) is 6.31. The molecule has 0 aromatic carbocycles. The zero-order chi connectivity index (χ0) is 12.5. The van der Waals surface area contributed by atoms with Crippen molar-refractivity contribution in [2.75, 3.05) is 23.7 Å². The van der Waals surface area contributed by atoms with Crippen LogP contribution in [-0.2, 0) is 0 Å². The van der Waals surface area contributed by atoms with Crippen LogP contribution in [0.2, 0.25) is 0 Å². The van der Waals surface area contributed by atoms with Crippen LogP contribution in [-0.4, -0.2) is 23.3 Å². The van der Waals surface area contributed by atoms with E-state index < -0.39 is 0 Å². The summed E-state index contributed by atoms with van der Waals surface area (Å²) in [6.45, 7) is 9.13. The second-order valence-electron chi connectivity index (χ2n) is 5.94. The molecule has 1 saturated heterocycles. The zero-order valence-electron chi connectivity index (χ0n) is 11.0. The Labute approximate surface area is 103 Å². The van der Waals surface area contributed by atoms with E-state index >= 15 is 0 Å². The maximum absolute atomic E-state index is 5.54. The summed E-state index contributed by atoms with van der Waals surface area (Å²) >= 11 is 0. The summed E-state index contributed by atoms with van der Waals surface area (Å²) < 4.78 is 0. The largest absolute Gasteiger partial charge is 0.382 e. The average molecular weight is 234 g/mol. The molecule has 1 aliphatic heterocycles. The first-order valence-electron chi connectivity index (χ1n) is 6.31. The highest BCUT2D eigenvalue weighted by atomic mass is 15.3. The highest BCUT2D eigenvalue weighted by Crippen LogP contribution is 2.35. The fourth-order valence-electron chi connectivity index (χ4n) is 2.48. The van der Waals surface area contributed by atoms with E-state index in [0.29, 0.717) is 11.2 Å². The molecule has 0 spiro atoms. The second kappa shape index (κ2) is 4.51. The first-order chi connectivity index (χ1) is 7.97. The van der Waals surface area contributed by atoms with Gasteiger partial charge in [-0.2, -0.15) is 0 Å². The number of anilines is 2. The van der Waals surface area contributed by atoms with Gasteiger partial charge in [0.2, 0.25) is 0 Å². The highest BCUT2D eigenvalue weighted by Gasteiger charge is 2.29. The Balaban J connectivity index is 1.97. The Morgan fingerprint density at radius 2 is 1.82 bits per heavy atom. The number of nitrogens with zero attached hydrogens (tertiary/aromatic N) is 3. The smallest absolute Gasteiger partial charge is 0.151 e. The van der Waals surface area contributed by atoms with Crippen LogP contribution in [0.25, 0.3) is 0 Å². The molecule has 94 valence electrons. The number of nitrogens with two attached hydrogens (primary N) is 1. The minimum atomic E-state index is 0.416. The number of rotatable bonds is 1. The summed E-state index contributed by atoms with van der Waals surface area (Å²) in [7, 11) is 0. The minimum Gasteiger partial charge on any atom is -0.382 e. The van der Waals surface area contributed by atoms with E-state index in [1.165, 1.54) is 12.8 Å². The molecule has 0 atom stereocenters. The summed E-state index contributed by atoms with van der Waals surface area (Å²) in [5.74, 6) is 2.24. The van der Waals surface area contributed by atoms with Gasteiger partial charge in [0, 0.05) is 13.1 Å². The third-order valence-electron chi connectivity index (χ3n) is 3.71. The Hall–Kier alpha value is -1.32. The van der Waals surface area contributed by atoms with Gasteiger partial charge in [0.05, 0.1) is 0 Å². The molecule has 2 heterocycles. The van der Waals surface area contributed by atoms with Crippen molar-refractivity contribution in [3.63, 3.8) is 0 Å². The molecule has 0 bridgehead atoms. The number of nitrogen functional groups attached to an aromatic ring is 1. The molecule has 1 aromatic rings. The fourth-order valence-corrected chi connectivity index (χ4v) is 2.48. The van der Waals surface area contributed by atoms with E-state index in [9.17, 15) is 0 Å². The molecular weight excluding hydrogens is 212 g/mol. The highest BCUT2D eigenvalue weighted by molar-refractivity contribution is 5.41. The number of hydrogen-bond acceptors (Lipinski definition) is 4. The first kappa shape index (κ1) is 12.1. The average Bonchev–Trinajstić information content (AvgIpc) is 2.29. The molecule has 4 nitrogen and oxygen atoms in total. The van der Waals surface area contributed by atoms with Crippen molar-refractivity contribution >= 4 is 11.6 Å². The summed E-state index contributed by atoms with van der Waals surface area (Å²) in [4.78, 5) is 2.30. The summed E-state index contributed by atoms with van der Waals surface area (Å²) in [6.07, 6.45) is 2.46. The summed E-state index contributed by atoms with van der Waals surface area (Å²) in [5, 5.41) is 8.05. The van der Waals surface area contributed by atoms with Gasteiger partial charge < -0.3 is 10.6 Å². The monoisotopic (exact) mass is 234 g/mol. The van der Waals surface area contributed by atoms with Crippen LogP contribution in [0, 0.1) is 11.3 Å². The van der Waals surface area contributed by atoms with E-state index in [-0.39, 0.29) is 0 Å². The molecule has 1 fully saturated rings. The molecular formula is C13H22N4. The standard InChI is InChI=1S/C13H22N4/c1-13(2,3)10-6-8-17(9-7-10)12-5-4-11(14)15-16-12/h4-5,10H,6-9H2,1-3H3,(H2,14,15). The van der Waals surface area contributed by atoms with Crippen LogP contribution >= 0.6 is 0 Å². The molecule has 0 aliphatic carbocycles. The van der Waals surface area contributed by atoms with Gasteiger partial charge in [-0.25, -0.2) is 0 Å². The summed E-state index contributed by atoms with van der Waals surface area (Å²) in [5.41, 5.74) is 5.96. The second-order valence-corrected chi connectivity index (χ2v) is 5.94. The van der Waals surface area contributed by atoms with Gasteiger partial charge in [0.1, 0.15) is 5.82 Å². The molecule has 0 amide bonds. The minimum absolute atomic E-state index is 0.416. The van der Waals surface area contributed by atoms with E-state index in [2.05, 4.69) is 35.9 Å². The lowest BCUT2D eigenvalue weighted by molar-refractivity contribution is 0.198. The lowest BCUT2D eigenvalue weighted by atomic mass is 9.75. The maximum atomic E-state index is 5.54. The maximum Gasteiger partial charge on any atom is 0.151 e. The van der Waals surface area contributed by atoms with Crippen LogP contribution in [0.3, 0.4) is 0 Å². The van der Waals surface area contributed by atoms with Gasteiger partial charge >= 0.3 is 0 Å². The zero-order valence-corrected chi connectivity index (χ0v) is 11.0. The molecule has 0 radical (unpaired) electrons. The lowest BCUT2D eigenvalue weighted by Gasteiger charge is -2.39. The SMILES string of the molecule is CC(C)(C)C1CCN(c2ccc(N)nn2)CC1. The molecule has 2 N–H and O–H groups in total. The van der Waals surface area contributed by atoms with Gasteiger partial charge in [-0.05, 0) is 36.3 Å². The molecule has 0 unspecified atom stereocenters. The lowest BCUT2D eigenvalue weighted by Crippen LogP contribution is -2.38. The van der Waals surface area contributed by atoms with Crippen molar-refractivity contribution in [1.29, 1.82) is 0 Å². The normalized spacial score (nSPS) is 18.4. The van der Waals surface area contributed by atoms with Crippen LogP contribution in [0.15, 0.2) is 12.1 Å². The van der Waals surface area contributed by atoms with Crippen molar-refractivity contribution in [2.45, 2.75) is 33.6 Å². The number of aromatic nitrogens is 2. The predicted octanol–water partition coefficient (Wildman–Crippen LogP) is 2.32. The van der Waals surface area contributed by atoms with Crippen molar-refractivity contribution in [2.24, 2.45) is 11.3 Å². The van der Waals surface area contributed by atoms with Crippen molar-refractivity contribution in [1.82, 2.24) is 10.2 Å². The number of piperidine rings is 1. The molecule has 1 aliphatic rings. The third-order valence-corrected chi connectivity index (χ3v) is 3.71. The van der Waals surface area contributed by atoms with Crippen LogP contribution in [0.5, 0.6) is 0 Å². The van der Waals surface area contributed by atoms with Gasteiger partial charge in [-0.15, -0.1) is 10.2 Å². The molecule has 1 aromatic heterocycles. The molecule has 2 rings (SSSR count). The van der Waals surface area contributed by atoms with Gasteiger partial charge in [-0.1, -0.05) is 20.8 Å². The fraction of sp³-hybridized carbons (Fsp3) is 0.692. The van der Waals surface area contributed by atoms with Crippen molar-refractivity contribution in [3.8, 4) is 0 Å². The van der Waals surface area contributed by atoms with E-state index in [0.717, 1.165) is 24.8 Å². The Bertz CT molecular complexity index is 358. The van der Waals surface area contributed by atoms with Crippen LogP contribution < -0.4 is 10.6 Å². The Morgan fingerprint density at radius 3 is 2.29 bits per heavy atom. The Morgan fingerprint density at radius 1 is 1.18 bits per heavy atom. The molecule has 0 saturated carbocycles. The number of hydrogen-bond donors (Lipinski definition) is 1. The van der Waals surface area contributed by atoms with Crippen LogP contribution in [0.4, 0.5) is 11.6 Å². The Kier molecular flexibility index (Phi) is 3.22. The van der Waals surface area contributed by atoms with Gasteiger partial charge in [-0.3, -0.25) is 0 Å². The third kappa shape index (κ3) is 2.87. The molecule has 17 heavy (non-hydrogen) atoms. The van der Waals surface area contributed by atoms with Gasteiger partial charge in [0.25, 0.3) is 0 Å². The topological polar surface area (TPSA) is 55.0 Å². The quantitative estimate of drug-likeness (QED) is 0.810. The van der Waals surface area contributed by atoms with Gasteiger partial charge in [0.15, 0.2) is 5.82 Å². The van der Waals surface area contributed by atoms with E-state index in [1.807, 2.05) is 12.1 Å². The predicted molar refractivity (Wildman–Crippen MR) is 70.8 cm³/mol. The van der Waals surface area contributed by atoms with Crippen LogP contribution in [0.1, 0.15) is 33.6 Å². The summed E-state index contributed by atoms with van der Waals surface area (Å²) in [6, 6.07) is 3.78. The molecule has 4 heteroatoms. The van der Waals surface area contributed by atoms with Crippen molar-refractivity contribution < 1.29 is 0 Å². The van der Waals surface area contributed by atoms with Crippen molar-refractivity contribution in [3.05, 3.63) is 12.1 Å².